The molecule has 0 heterocycles. The second kappa shape index (κ2) is 7.58. The number of carbonyl (C=O) groups excluding carboxylic acids is 1. The van der Waals surface area contributed by atoms with E-state index in [2.05, 4.69) is 12.2 Å². The normalized spacial score (nSPS) is 12.5. The van der Waals surface area contributed by atoms with Crippen LogP contribution in [-0.2, 0) is 4.79 Å². The number of carbonyl (C=O) groups is 1. The Labute approximate surface area is 69.4 Å². The van der Waals surface area contributed by atoms with Crippen LogP contribution in [0.2, 0.25) is 0 Å². The zero-order valence-electron chi connectivity index (χ0n) is 7.60. The fourth-order valence-electron chi connectivity index (χ4n) is 1.08. The van der Waals surface area contributed by atoms with Crippen molar-refractivity contribution in [3.05, 3.63) is 0 Å². The lowest BCUT2D eigenvalue weighted by atomic mass is 10.1. The first-order valence-electron chi connectivity index (χ1n) is 4.51. The molecule has 0 bridgehead atoms. The monoisotopic (exact) mass is 157 g/mol. The Balaban J connectivity index is 3.03. The lowest BCUT2D eigenvalue weighted by Crippen LogP contribution is -2.23. The maximum Gasteiger partial charge on any atom is 0.207 e. The summed E-state index contributed by atoms with van der Waals surface area (Å²) >= 11 is 0. The topological polar surface area (TPSA) is 29.1 Å². The molecule has 0 saturated heterocycles. The van der Waals surface area contributed by atoms with E-state index in [4.69, 9.17) is 0 Å². The molecule has 1 amide bonds. The number of rotatable bonds is 7. The molecule has 1 atom stereocenters. The van der Waals surface area contributed by atoms with E-state index in [9.17, 15) is 4.79 Å². The zero-order chi connectivity index (χ0) is 8.53. The molecule has 0 unspecified atom stereocenters. The summed E-state index contributed by atoms with van der Waals surface area (Å²) in [6.45, 7) is 4.24. The highest BCUT2D eigenvalue weighted by Crippen LogP contribution is 2.04. The smallest absolute Gasteiger partial charge is 0.207 e. The largest absolute Gasteiger partial charge is 0.356 e. The molecule has 0 aromatic rings. The van der Waals surface area contributed by atoms with Gasteiger partial charge in [0.1, 0.15) is 0 Å². The van der Waals surface area contributed by atoms with Crippen LogP contribution in [-0.4, -0.2) is 12.5 Å². The van der Waals surface area contributed by atoms with Crippen molar-refractivity contribution >= 4 is 6.41 Å². The maximum absolute atomic E-state index is 9.99. The number of amides is 1. The Morgan fingerprint density at radius 3 is 2.64 bits per heavy atom. The van der Waals surface area contributed by atoms with Crippen LogP contribution in [0.15, 0.2) is 0 Å². The van der Waals surface area contributed by atoms with Crippen molar-refractivity contribution in [2.75, 3.05) is 0 Å². The molecule has 0 radical (unpaired) electrons. The molecule has 66 valence electrons. The molecule has 0 aromatic carbocycles. The minimum Gasteiger partial charge on any atom is -0.356 e. The van der Waals surface area contributed by atoms with Crippen molar-refractivity contribution in [3.8, 4) is 0 Å². The number of hydrogen-bond donors (Lipinski definition) is 1. The molecule has 0 fully saturated rings. The SMILES string of the molecule is CCCCCC[C@@H](C)NC=O. The first-order chi connectivity index (χ1) is 5.31. The predicted molar refractivity (Wildman–Crippen MR) is 47.4 cm³/mol. The molecule has 11 heavy (non-hydrogen) atoms. The van der Waals surface area contributed by atoms with E-state index in [0.717, 1.165) is 12.8 Å². The summed E-state index contributed by atoms with van der Waals surface area (Å²) in [4.78, 5) is 9.99. The molecular weight excluding hydrogens is 138 g/mol. The van der Waals surface area contributed by atoms with Crippen LogP contribution >= 0.6 is 0 Å². The van der Waals surface area contributed by atoms with Crippen molar-refractivity contribution in [3.63, 3.8) is 0 Å². The molecule has 2 heteroatoms. The summed E-state index contributed by atoms with van der Waals surface area (Å²) in [6, 6.07) is 0.351. The maximum atomic E-state index is 9.99. The fraction of sp³-hybridized carbons (Fsp3) is 0.889. The van der Waals surface area contributed by atoms with Gasteiger partial charge in [-0.1, -0.05) is 32.6 Å². The van der Waals surface area contributed by atoms with Crippen LogP contribution in [0.1, 0.15) is 46.0 Å². The molecule has 0 aliphatic heterocycles. The van der Waals surface area contributed by atoms with Gasteiger partial charge in [0.2, 0.25) is 6.41 Å². The Morgan fingerprint density at radius 1 is 1.36 bits per heavy atom. The standard InChI is InChI=1S/C9H19NO/c1-3-4-5-6-7-9(2)10-8-11/h8-9H,3-7H2,1-2H3,(H,10,11)/t9-/m1/s1. The van der Waals surface area contributed by atoms with Gasteiger partial charge in [-0.05, 0) is 13.3 Å². The lowest BCUT2D eigenvalue weighted by molar-refractivity contribution is -0.110. The minimum atomic E-state index is 0.351. The van der Waals surface area contributed by atoms with Crippen molar-refractivity contribution in [1.82, 2.24) is 5.32 Å². The highest BCUT2D eigenvalue weighted by molar-refractivity contribution is 5.46. The van der Waals surface area contributed by atoms with Gasteiger partial charge in [0.05, 0.1) is 0 Å². The van der Waals surface area contributed by atoms with Crippen LogP contribution in [0.25, 0.3) is 0 Å². The second-order valence-corrected chi connectivity index (χ2v) is 3.03. The van der Waals surface area contributed by atoms with E-state index in [0.29, 0.717) is 6.04 Å². The molecule has 0 aliphatic rings. The molecule has 1 N–H and O–H groups in total. The van der Waals surface area contributed by atoms with Gasteiger partial charge in [0.25, 0.3) is 0 Å². The third-order valence-corrected chi connectivity index (χ3v) is 1.84. The summed E-state index contributed by atoms with van der Waals surface area (Å²) in [5.74, 6) is 0. The van der Waals surface area contributed by atoms with E-state index < -0.39 is 0 Å². The number of nitrogens with one attached hydrogen (secondary N) is 1. The molecular formula is C9H19NO. The van der Waals surface area contributed by atoms with Crippen LogP contribution in [0.4, 0.5) is 0 Å². The van der Waals surface area contributed by atoms with E-state index in [-0.39, 0.29) is 0 Å². The van der Waals surface area contributed by atoms with E-state index >= 15 is 0 Å². The van der Waals surface area contributed by atoms with Gasteiger partial charge in [-0.25, -0.2) is 0 Å². The molecule has 0 rings (SSSR count). The van der Waals surface area contributed by atoms with Crippen LogP contribution in [0.5, 0.6) is 0 Å². The predicted octanol–water partition coefficient (Wildman–Crippen LogP) is 2.09. The summed E-state index contributed by atoms with van der Waals surface area (Å²) in [6.07, 6.45) is 7.00. The summed E-state index contributed by atoms with van der Waals surface area (Å²) in [5.41, 5.74) is 0. The van der Waals surface area contributed by atoms with Gasteiger partial charge in [-0.3, -0.25) is 4.79 Å². The van der Waals surface area contributed by atoms with Gasteiger partial charge >= 0.3 is 0 Å². The Hall–Kier alpha value is -0.530. The van der Waals surface area contributed by atoms with Gasteiger partial charge < -0.3 is 5.32 Å². The number of unbranched alkanes of at least 4 members (excludes halogenated alkanes) is 3. The molecule has 2 nitrogen and oxygen atoms in total. The Bertz CT molecular complexity index is 93.6. The molecule has 0 spiro atoms. The van der Waals surface area contributed by atoms with Crippen molar-refractivity contribution in [2.24, 2.45) is 0 Å². The van der Waals surface area contributed by atoms with Crippen LogP contribution in [0.3, 0.4) is 0 Å². The quantitative estimate of drug-likeness (QED) is 0.445. The third kappa shape index (κ3) is 7.37. The van der Waals surface area contributed by atoms with Crippen molar-refractivity contribution < 1.29 is 4.79 Å². The summed E-state index contributed by atoms with van der Waals surface area (Å²) < 4.78 is 0. The third-order valence-electron chi connectivity index (χ3n) is 1.84. The summed E-state index contributed by atoms with van der Waals surface area (Å²) in [7, 11) is 0. The van der Waals surface area contributed by atoms with Crippen LogP contribution < -0.4 is 5.32 Å². The van der Waals surface area contributed by atoms with Crippen molar-refractivity contribution in [2.45, 2.75) is 52.0 Å². The van der Waals surface area contributed by atoms with Gasteiger partial charge in [0, 0.05) is 6.04 Å². The van der Waals surface area contributed by atoms with E-state index in [1.807, 2.05) is 6.92 Å². The second-order valence-electron chi connectivity index (χ2n) is 3.03. The first kappa shape index (κ1) is 10.5. The Morgan fingerprint density at radius 2 is 2.09 bits per heavy atom. The fourth-order valence-corrected chi connectivity index (χ4v) is 1.08. The molecule has 0 aromatic heterocycles. The number of hydrogen-bond acceptors (Lipinski definition) is 1. The lowest BCUT2D eigenvalue weighted by Gasteiger charge is -2.08. The van der Waals surface area contributed by atoms with E-state index in [1.54, 1.807) is 0 Å². The van der Waals surface area contributed by atoms with Crippen LogP contribution in [0, 0.1) is 0 Å². The van der Waals surface area contributed by atoms with Gasteiger partial charge in [-0.2, -0.15) is 0 Å². The van der Waals surface area contributed by atoms with Crippen molar-refractivity contribution in [1.29, 1.82) is 0 Å². The summed E-state index contributed by atoms with van der Waals surface area (Å²) in [5, 5.41) is 2.74. The highest BCUT2D eigenvalue weighted by atomic mass is 16.1. The molecule has 0 saturated carbocycles. The average Bonchev–Trinajstić information content (AvgIpc) is 1.99. The first-order valence-corrected chi connectivity index (χ1v) is 4.51. The molecule has 0 aliphatic carbocycles. The zero-order valence-corrected chi connectivity index (χ0v) is 7.60. The average molecular weight is 157 g/mol. The highest BCUT2D eigenvalue weighted by Gasteiger charge is 1.97. The van der Waals surface area contributed by atoms with E-state index in [1.165, 1.54) is 25.7 Å². The minimum absolute atomic E-state index is 0.351. The van der Waals surface area contributed by atoms with Gasteiger partial charge in [-0.15, -0.1) is 0 Å². The van der Waals surface area contributed by atoms with Gasteiger partial charge in [0.15, 0.2) is 0 Å². The Kier molecular flexibility index (Phi) is 7.21.